The second-order valence-corrected chi connectivity index (χ2v) is 5.43. The minimum Gasteiger partial charge on any atom is -0.377 e. The van der Waals surface area contributed by atoms with Gasteiger partial charge in [0.05, 0.1) is 6.10 Å². The van der Waals surface area contributed by atoms with E-state index in [1.807, 2.05) is 19.3 Å². The van der Waals surface area contributed by atoms with E-state index in [4.69, 9.17) is 10.5 Å². The van der Waals surface area contributed by atoms with Gasteiger partial charge in [0.25, 0.3) is 0 Å². The minimum atomic E-state index is 0.196. The van der Waals surface area contributed by atoms with Gasteiger partial charge in [0.2, 0.25) is 5.95 Å². The molecule has 0 saturated carbocycles. The summed E-state index contributed by atoms with van der Waals surface area (Å²) in [6.45, 7) is 6.81. The van der Waals surface area contributed by atoms with Gasteiger partial charge in [-0.15, -0.1) is 0 Å². The summed E-state index contributed by atoms with van der Waals surface area (Å²) in [5.74, 6) is 0.809. The van der Waals surface area contributed by atoms with Crippen LogP contribution in [0, 0.1) is 0 Å². The van der Waals surface area contributed by atoms with Gasteiger partial charge >= 0.3 is 0 Å². The van der Waals surface area contributed by atoms with Gasteiger partial charge in [-0.1, -0.05) is 6.92 Å². The number of nitrogens with two attached hydrogens (primary N) is 1. The zero-order valence-electron chi connectivity index (χ0n) is 12.6. The van der Waals surface area contributed by atoms with Crippen LogP contribution in [0.25, 0.3) is 0 Å². The van der Waals surface area contributed by atoms with E-state index in [0.717, 1.165) is 56.9 Å². The molecule has 5 nitrogen and oxygen atoms in total. The molecule has 0 aromatic carbocycles. The molecule has 2 N–H and O–H groups in total. The van der Waals surface area contributed by atoms with Gasteiger partial charge in [0, 0.05) is 38.1 Å². The fourth-order valence-corrected chi connectivity index (χ4v) is 2.56. The Balaban J connectivity index is 1.95. The van der Waals surface area contributed by atoms with Crippen molar-refractivity contribution in [1.82, 2.24) is 9.97 Å². The molecule has 1 aliphatic heterocycles. The van der Waals surface area contributed by atoms with Gasteiger partial charge in [-0.25, -0.2) is 9.97 Å². The number of rotatable bonds is 6. The zero-order chi connectivity index (χ0) is 14.4. The highest BCUT2D eigenvalue weighted by Crippen LogP contribution is 2.18. The Bertz CT molecular complexity index is 393. The zero-order valence-corrected chi connectivity index (χ0v) is 12.6. The molecular formula is C15H26N4O. The predicted octanol–water partition coefficient (Wildman–Crippen LogP) is 1.76. The summed E-state index contributed by atoms with van der Waals surface area (Å²) in [6.07, 6.45) is 8.21. The van der Waals surface area contributed by atoms with E-state index < -0.39 is 0 Å². The molecule has 0 bridgehead atoms. The van der Waals surface area contributed by atoms with Gasteiger partial charge in [-0.3, -0.25) is 0 Å². The standard InChI is InChI=1S/C15H26N4O/c1-3-13(16)8-12-9-17-15(18-10-12)19-7-5-6-14(11-19)20-4-2/h9-10,13-14H,3-8,11,16H2,1-2H3. The highest BCUT2D eigenvalue weighted by atomic mass is 16.5. The normalized spacial score (nSPS) is 20.9. The summed E-state index contributed by atoms with van der Waals surface area (Å²) >= 11 is 0. The number of piperidine rings is 1. The summed E-state index contributed by atoms with van der Waals surface area (Å²) < 4.78 is 5.71. The Labute approximate surface area is 121 Å². The van der Waals surface area contributed by atoms with Crippen LogP contribution in [0.5, 0.6) is 0 Å². The molecule has 2 heterocycles. The molecule has 1 fully saturated rings. The summed E-state index contributed by atoms with van der Waals surface area (Å²) in [4.78, 5) is 11.2. The minimum absolute atomic E-state index is 0.196. The van der Waals surface area contributed by atoms with Gasteiger partial charge in [-0.05, 0) is 38.2 Å². The third-order valence-corrected chi connectivity index (χ3v) is 3.78. The lowest BCUT2D eigenvalue weighted by Gasteiger charge is -2.32. The first-order valence-corrected chi connectivity index (χ1v) is 7.66. The highest BCUT2D eigenvalue weighted by molar-refractivity contribution is 5.31. The van der Waals surface area contributed by atoms with Gasteiger partial charge in [-0.2, -0.15) is 0 Å². The third-order valence-electron chi connectivity index (χ3n) is 3.78. The monoisotopic (exact) mass is 278 g/mol. The smallest absolute Gasteiger partial charge is 0.225 e. The largest absolute Gasteiger partial charge is 0.377 e. The van der Waals surface area contributed by atoms with Crippen LogP contribution in [-0.4, -0.2) is 41.8 Å². The van der Waals surface area contributed by atoms with E-state index in [2.05, 4.69) is 21.8 Å². The molecule has 1 saturated heterocycles. The first kappa shape index (κ1) is 15.2. The van der Waals surface area contributed by atoms with Crippen molar-refractivity contribution < 1.29 is 4.74 Å². The molecule has 0 amide bonds. The predicted molar refractivity (Wildman–Crippen MR) is 80.9 cm³/mol. The maximum atomic E-state index is 5.95. The van der Waals surface area contributed by atoms with Crippen LogP contribution < -0.4 is 10.6 Å². The van der Waals surface area contributed by atoms with E-state index >= 15 is 0 Å². The van der Waals surface area contributed by atoms with Crippen molar-refractivity contribution in [1.29, 1.82) is 0 Å². The Hall–Kier alpha value is -1.20. The van der Waals surface area contributed by atoms with Crippen LogP contribution in [0.15, 0.2) is 12.4 Å². The fraction of sp³-hybridized carbons (Fsp3) is 0.733. The van der Waals surface area contributed by atoms with E-state index in [-0.39, 0.29) is 6.04 Å². The topological polar surface area (TPSA) is 64.3 Å². The van der Waals surface area contributed by atoms with Crippen molar-refractivity contribution in [3.8, 4) is 0 Å². The van der Waals surface area contributed by atoms with Crippen LogP contribution in [-0.2, 0) is 11.2 Å². The Morgan fingerprint density at radius 1 is 1.40 bits per heavy atom. The second kappa shape index (κ2) is 7.55. The maximum absolute atomic E-state index is 5.95. The van der Waals surface area contributed by atoms with Crippen LogP contribution in [0.3, 0.4) is 0 Å². The molecule has 1 aromatic heterocycles. The average Bonchev–Trinajstić information content (AvgIpc) is 2.48. The van der Waals surface area contributed by atoms with Gasteiger partial charge < -0.3 is 15.4 Å². The molecule has 2 unspecified atom stereocenters. The van der Waals surface area contributed by atoms with E-state index in [1.54, 1.807) is 0 Å². The van der Waals surface area contributed by atoms with Crippen molar-refractivity contribution in [2.24, 2.45) is 5.73 Å². The number of hydrogen-bond acceptors (Lipinski definition) is 5. The molecule has 1 aromatic rings. The second-order valence-electron chi connectivity index (χ2n) is 5.43. The molecule has 0 spiro atoms. The van der Waals surface area contributed by atoms with E-state index in [1.165, 1.54) is 0 Å². The molecule has 112 valence electrons. The number of ether oxygens (including phenoxy) is 1. The van der Waals surface area contributed by atoms with E-state index in [0.29, 0.717) is 6.10 Å². The summed E-state index contributed by atoms with van der Waals surface area (Å²) in [5.41, 5.74) is 7.07. The number of anilines is 1. The Kier molecular flexibility index (Phi) is 5.73. The van der Waals surface area contributed by atoms with E-state index in [9.17, 15) is 0 Å². The SMILES string of the molecule is CCOC1CCCN(c2ncc(CC(N)CC)cn2)C1. The molecule has 0 aliphatic carbocycles. The lowest BCUT2D eigenvalue weighted by atomic mass is 10.1. The third kappa shape index (κ3) is 4.15. The molecule has 20 heavy (non-hydrogen) atoms. The van der Waals surface area contributed by atoms with Crippen molar-refractivity contribution >= 4 is 5.95 Å². The number of hydrogen-bond donors (Lipinski definition) is 1. The lowest BCUT2D eigenvalue weighted by molar-refractivity contribution is 0.0523. The van der Waals surface area contributed by atoms with Crippen molar-refractivity contribution in [3.05, 3.63) is 18.0 Å². The first-order chi connectivity index (χ1) is 9.72. The van der Waals surface area contributed by atoms with Gasteiger partial charge in [0.1, 0.15) is 0 Å². The summed E-state index contributed by atoms with van der Waals surface area (Å²) in [7, 11) is 0. The highest BCUT2D eigenvalue weighted by Gasteiger charge is 2.21. The van der Waals surface area contributed by atoms with Crippen LogP contribution in [0.1, 0.15) is 38.7 Å². The Morgan fingerprint density at radius 3 is 2.80 bits per heavy atom. The van der Waals surface area contributed by atoms with Gasteiger partial charge in [0.15, 0.2) is 0 Å². The molecule has 5 heteroatoms. The van der Waals surface area contributed by atoms with Crippen LogP contribution in [0.4, 0.5) is 5.95 Å². The van der Waals surface area contributed by atoms with Crippen LogP contribution in [0.2, 0.25) is 0 Å². The van der Waals surface area contributed by atoms with Crippen molar-refractivity contribution in [2.75, 3.05) is 24.6 Å². The van der Waals surface area contributed by atoms with Crippen molar-refractivity contribution in [3.63, 3.8) is 0 Å². The molecular weight excluding hydrogens is 252 g/mol. The summed E-state index contributed by atoms with van der Waals surface area (Å²) in [5, 5.41) is 0. The average molecular weight is 278 g/mol. The molecule has 2 atom stereocenters. The maximum Gasteiger partial charge on any atom is 0.225 e. The molecule has 1 aliphatic rings. The van der Waals surface area contributed by atoms with Crippen molar-refractivity contribution in [2.45, 2.75) is 51.7 Å². The molecule has 2 rings (SSSR count). The first-order valence-electron chi connectivity index (χ1n) is 7.66. The lowest BCUT2D eigenvalue weighted by Crippen LogP contribution is -2.40. The number of aromatic nitrogens is 2. The van der Waals surface area contributed by atoms with Crippen LogP contribution >= 0.6 is 0 Å². The molecule has 0 radical (unpaired) electrons. The Morgan fingerprint density at radius 2 is 2.15 bits per heavy atom. The quantitative estimate of drug-likeness (QED) is 0.859. The summed E-state index contributed by atoms with van der Waals surface area (Å²) in [6, 6.07) is 0.196. The fourth-order valence-electron chi connectivity index (χ4n) is 2.56. The number of nitrogens with zero attached hydrogens (tertiary/aromatic N) is 3.